The van der Waals surface area contributed by atoms with Crippen molar-refractivity contribution >= 4 is 11.6 Å². The van der Waals surface area contributed by atoms with Crippen LogP contribution in [0.3, 0.4) is 0 Å². The van der Waals surface area contributed by atoms with Gasteiger partial charge in [0.1, 0.15) is 16.8 Å². The van der Waals surface area contributed by atoms with Crippen LogP contribution in [-0.2, 0) is 29.0 Å². The minimum Gasteiger partial charge on any atom is -0.349 e. The van der Waals surface area contributed by atoms with E-state index in [4.69, 9.17) is 0 Å². The van der Waals surface area contributed by atoms with Crippen LogP contribution >= 0.6 is 0 Å². The Morgan fingerprint density at radius 1 is 1.00 bits per heavy atom. The number of fused-ring (bicyclic) bond motifs is 1. The number of rotatable bonds is 4. The second-order valence-electron chi connectivity index (χ2n) is 9.07. The first-order chi connectivity index (χ1) is 17.0. The average molecular weight is 537 g/mol. The first-order valence-corrected chi connectivity index (χ1v) is 11.2. The zero-order valence-electron chi connectivity index (χ0n) is 19.2. The molecule has 0 bridgehead atoms. The Bertz CT molecular complexity index is 1220. The molecule has 200 valence electrons. The lowest BCUT2D eigenvalue weighted by atomic mass is 9.76. The quantitative estimate of drug-likeness (QED) is 0.464. The molecule has 1 N–H and O–H groups in total. The van der Waals surface area contributed by atoms with Crippen LogP contribution in [0.4, 0.5) is 39.5 Å². The summed E-state index contributed by atoms with van der Waals surface area (Å²) in [6.07, 6.45) is -15.5. The molecule has 4 nitrogen and oxygen atoms in total. The predicted octanol–water partition coefficient (Wildman–Crippen LogP) is 6.33. The van der Waals surface area contributed by atoms with Crippen LogP contribution in [0.2, 0.25) is 0 Å². The number of aliphatic imine (C=N–C) groups is 1. The van der Waals surface area contributed by atoms with E-state index < -0.39 is 53.9 Å². The van der Waals surface area contributed by atoms with Gasteiger partial charge in [0, 0.05) is 18.6 Å². The molecule has 0 fully saturated rings. The van der Waals surface area contributed by atoms with Crippen LogP contribution in [0.15, 0.2) is 35.3 Å². The zero-order valence-corrected chi connectivity index (χ0v) is 19.2. The molecule has 0 saturated carbocycles. The number of carbonyl (C=O) groups excluding carboxylic acids is 1. The fourth-order valence-corrected chi connectivity index (χ4v) is 4.71. The summed E-state index contributed by atoms with van der Waals surface area (Å²) in [7, 11) is 0. The van der Waals surface area contributed by atoms with Gasteiger partial charge in [-0.2, -0.15) is 39.5 Å². The Balaban J connectivity index is 1.72. The summed E-state index contributed by atoms with van der Waals surface area (Å²) in [4.78, 5) is 18.2. The summed E-state index contributed by atoms with van der Waals surface area (Å²) in [5.74, 6) is -0.161. The topological polar surface area (TPSA) is 54.4 Å². The molecule has 1 aromatic carbocycles. The Morgan fingerprint density at radius 3 is 2.16 bits per heavy atom. The van der Waals surface area contributed by atoms with E-state index in [-0.39, 0.29) is 41.8 Å². The number of pyridine rings is 1. The SMILES string of the molecule is CCC(=O)NC1CCc2cc(C3=NCC(c4cc(C(F)(F)F)nc(C(F)(F)F)c4)(C(F)(F)F)C3)ccc21. The third kappa shape index (κ3) is 5.04. The Labute approximate surface area is 205 Å². The molecular weight excluding hydrogens is 517 g/mol. The van der Waals surface area contributed by atoms with Crippen molar-refractivity contribution in [3.8, 4) is 0 Å². The van der Waals surface area contributed by atoms with E-state index in [1.54, 1.807) is 19.1 Å². The van der Waals surface area contributed by atoms with Crippen LogP contribution < -0.4 is 5.32 Å². The van der Waals surface area contributed by atoms with E-state index in [1.807, 2.05) is 0 Å². The molecule has 2 aromatic rings. The molecule has 1 aliphatic carbocycles. The maximum atomic E-state index is 14.4. The van der Waals surface area contributed by atoms with Gasteiger partial charge >= 0.3 is 18.5 Å². The number of amides is 1. The Kier molecular flexibility index (Phi) is 6.56. The second-order valence-corrected chi connectivity index (χ2v) is 9.07. The summed E-state index contributed by atoms with van der Waals surface area (Å²) < 4.78 is 123. The number of halogens is 9. The number of hydrogen-bond acceptors (Lipinski definition) is 3. The third-order valence-corrected chi connectivity index (χ3v) is 6.72. The molecular formula is C24H20F9N3O. The summed E-state index contributed by atoms with van der Waals surface area (Å²) in [5.41, 5.74) is -6.65. The van der Waals surface area contributed by atoms with E-state index in [0.29, 0.717) is 12.8 Å². The number of nitrogens with one attached hydrogen (secondary N) is 1. The molecule has 0 radical (unpaired) electrons. The molecule has 2 aliphatic rings. The van der Waals surface area contributed by atoms with E-state index in [1.165, 1.54) is 6.07 Å². The van der Waals surface area contributed by atoms with Crippen LogP contribution in [0.25, 0.3) is 0 Å². The molecule has 2 atom stereocenters. The largest absolute Gasteiger partial charge is 0.433 e. The fraction of sp³-hybridized carbons (Fsp3) is 0.458. The van der Waals surface area contributed by atoms with Crippen molar-refractivity contribution in [3.63, 3.8) is 0 Å². The van der Waals surface area contributed by atoms with Crippen LogP contribution in [-0.4, -0.2) is 29.3 Å². The maximum Gasteiger partial charge on any atom is 0.433 e. The molecule has 0 spiro atoms. The van der Waals surface area contributed by atoms with Gasteiger partial charge in [-0.15, -0.1) is 0 Å². The lowest BCUT2D eigenvalue weighted by Gasteiger charge is -2.32. The summed E-state index contributed by atoms with van der Waals surface area (Å²) in [6.45, 7) is 0.619. The lowest BCUT2D eigenvalue weighted by molar-refractivity contribution is -0.185. The first kappa shape index (κ1) is 26.9. The average Bonchev–Trinajstić information content (AvgIpc) is 3.43. The van der Waals surface area contributed by atoms with Crippen LogP contribution in [0, 0.1) is 0 Å². The smallest absolute Gasteiger partial charge is 0.349 e. The van der Waals surface area contributed by atoms with Gasteiger partial charge in [-0.1, -0.05) is 19.1 Å². The number of carbonyl (C=O) groups is 1. The van der Waals surface area contributed by atoms with Crippen molar-refractivity contribution in [1.29, 1.82) is 0 Å². The van der Waals surface area contributed by atoms with E-state index in [9.17, 15) is 44.3 Å². The van der Waals surface area contributed by atoms with Crippen LogP contribution in [0.5, 0.6) is 0 Å². The van der Waals surface area contributed by atoms with Crippen molar-refractivity contribution in [3.05, 3.63) is 64.0 Å². The molecule has 13 heteroatoms. The molecule has 4 rings (SSSR count). The highest BCUT2D eigenvalue weighted by atomic mass is 19.4. The molecule has 37 heavy (non-hydrogen) atoms. The summed E-state index contributed by atoms with van der Waals surface area (Å²) in [5, 5.41) is 2.86. The first-order valence-electron chi connectivity index (χ1n) is 11.2. The van der Waals surface area contributed by atoms with Crippen LogP contribution in [0.1, 0.15) is 65.9 Å². The number of aromatic nitrogens is 1. The molecule has 2 unspecified atom stereocenters. The van der Waals surface area contributed by atoms with Crippen molar-refractivity contribution in [1.82, 2.24) is 10.3 Å². The number of hydrogen-bond donors (Lipinski definition) is 1. The number of alkyl halides is 9. The lowest BCUT2D eigenvalue weighted by Crippen LogP contribution is -2.44. The Morgan fingerprint density at radius 2 is 1.62 bits per heavy atom. The van der Waals surface area contributed by atoms with Crippen molar-refractivity contribution in [2.45, 2.75) is 62.6 Å². The van der Waals surface area contributed by atoms with Gasteiger partial charge in [-0.05, 0) is 53.3 Å². The predicted molar refractivity (Wildman–Crippen MR) is 114 cm³/mol. The van der Waals surface area contributed by atoms with Crippen molar-refractivity contribution in [2.75, 3.05) is 6.54 Å². The number of aryl methyl sites for hydroxylation is 1. The highest BCUT2D eigenvalue weighted by Crippen LogP contribution is 2.49. The minimum atomic E-state index is -5.39. The van der Waals surface area contributed by atoms with Gasteiger partial charge in [-0.3, -0.25) is 9.79 Å². The van der Waals surface area contributed by atoms with Gasteiger partial charge in [0.2, 0.25) is 5.91 Å². The standard InChI is InChI=1S/C24H20F9N3O/c1-2-20(37)35-16-6-4-12-7-13(3-5-15(12)16)17-10-21(11-34-17,24(31,32)33)14-8-18(22(25,26)27)36-19(9-14)23(28,29)30/h3,5,7-9,16H,2,4,6,10-11H2,1H3,(H,35,37). The molecule has 0 saturated heterocycles. The van der Waals surface area contributed by atoms with Crippen molar-refractivity contribution in [2.24, 2.45) is 4.99 Å². The fourth-order valence-electron chi connectivity index (χ4n) is 4.71. The molecule has 1 amide bonds. The van der Waals surface area contributed by atoms with E-state index >= 15 is 0 Å². The monoisotopic (exact) mass is 537 g/mol. The number of benzene rings is 1. The van der Waals surface area contributed by atoms with Gasteiger partial charge in [0.25, 0.3) is 0 Å². The van der Waals surface area contributed by atoms with Crippen molar-refractivity contribution < 1.29 is 44.3 Å². The van der Waals surface area contributed by atoms with Gasteiger partial charge < -0.3 is 5.32 Å². The normalized spacial score (nSPS) is 22.1. The highest BCUT2D eigenvalue weighted by Gasteiger charge is 2.59. The van der Waals surface area contributed by atoms with E-state index in [0.717, 1.165) is 11.1 Å². The highest BCUT2D eigenvalue weighted by molar-refractivity contribution is 6.03. The summed E-state index contributed by atoms with van der Waals surface area (Å²) in [6, 6.07) is 4.53. The Hall–Kier alpha value is -3.12. The molecule has 1 aromatic heterocycles. The minimum absolute atomic E-state index is 0.0187. The van der Waals surface area contributed by atoms with Gasteiger partial charge in [0.05, 0.1) is 12.6 Å². The van der Waals surface area contributed by atoms with Gasteiger partial charge in [0.15, 0.2) is 0 Å². The van der Waals surface area contributed by atoms with E-state index in [2.05, 4.69) is 15.3 Å². The summed E-state index contributed by atoms with van der Waals surface area (Å²) >= 11 is 0. The molecule has 1 aliphatic heterocycles. The maximum absolute atomic E-state index is 14.4. The number of nitrogens with zero attached hydrogens (tertiary/aromatic N) is 2. The zero-order chi connectivity index (χ0) is 27.4. The second kappa shape index (κ2) is 9.02. The third-order valence-electron chi connectivity index (χ3n) is 6.72. The van der Waals surface area contributed by atoms with Gasteiger partial charge in [-0.25, -0.2) is 4.98 Å². The molecule has 2 heterocycles.